The Balaban J connectivity index is 1.36. The summed E-state index contributed by atoms with van der Waals surface area (Å²) in [5.74, 6) is -0.417. The highest BCUT2D eigenvalue weighted by Crippen LogP contribution is 2.56. The third-order valence-electron chi connectivity index (χ3n) is 5.71. The Morgan fingerprint density at radius 2 is 1.67 bits per heavy atom. The Kier molecular flexibility index (Phi) is 3.62. The van der Waals surface area contributed by atoms with E-state index < -0.39 is 0 Å². The summed E-state index contributed by atoms with van der Waals surface area (Å²) in [5.41, 5.74) is 0.496. The van der Waals surface area contributed by atoms with Crippen LogP contribution >= 0.6 is 0 Å². The van der Waals surface area contributed by atoms with Crippen molar-refractivity contribution in [3.05, 3.63) is 30.1 Å². The molecule has 2 saturated carbocycles. The third-order valence-corrected chi connectivity index (χ3v) is 5.71. The van der Waals surface area contributed by atoms with Crippen LogP contribution in [0, 0.1) is 29.5 Å². The van der Waals surface area contributed by atoms with E-state index in [1.807, 2.05) is 0 Å². The van der Waals surface area contributed by atoms with Gasteiger partial charge in [0, 0.05) is 18.7 Å². The van der Waals surface area contributed by atoms with Crippen molar-refractivity contribution in [2.75, 3.05) is 11.9 Å². The molecule has 1 N–H and O–H groups in total. The Bertz CT molecular complexity index is 675. The molecule has 4 rings (SSSR count). The van der Waals surface area contributed by atoms with Crippen LogP contribution in [0.15, 0.2) is 24.3 Å². The van der Waals surface area contributed by atoms with Gasteiger partial charge in [0.15, 0.2) is 0 Å². The molecule has 1 aromatic rings. The summed E-state index contributed by atoms with van der Waals surface area (Å²) in [5, 5.41) is 2.65. The number of rotatable bonds is 4. The van der Waals surface area contributed by atoms with E-state index in [-0.39, 0.29) is 48.3 Å². The number of nitrogens with zero attached hydrogens (tertiary/aromatic N) is 1. The minimum atomic E-state index is -0.373. The lowest BCUT2D eigenvalue weighted by atomic mass is 9.81. The van der Waals surface area contributed by atoms with Crippen LogP contribution in [0.2, 0.25) is 0 Å². The number of carbonyl (C=O) groups excluding carboxylic acids is 3. The molecule has 0 aromatic heterocycles. The fourth-order valence-electron chi connectivity index (χ4n) is 4.66. The molecule has 2 aliphatic carbocycles. The van der Waals surface area contributed by atoms with Crippen LogP contribution in [0.3, 0.4) is 0 Å². The van der Waals surface area contributed by atoms with Gasteiger partial charge in [-0.25, -0.2) is 4.39 Å². The number of carbonyl (C=O) groups is 3. The van der Waals surface area contributed by atoms with E-state index >= 15 is 0 Å². The average molecular weight is 330 g/mol. The molecule has 126 valence electrons. The summed E-state index contributed by atoms with van der Waals surface area (Å²) < 4.78 is 12.8. The zero-order chi connectivity index (χ0) is 16.8. The lowest BCUT2D eigenvalue weighted by Gasteiger charge is -2.19. The highest BCUT2D eigenvalue weighted by Gasteiger charge is 2.60. The highest BCUT2D eigenvalue weighted by atomic mass is 19.1. The monoisotopic (exact) mass is 330 g/mol. The summed E-state index contributed by atoms with van der Waals surface area (Å²) in [6.45, 7) is 0.122. The molecule has 3 amide bonds. The summed E-state index contributed by atoms with van der Waals surface area (Å²) in [6, 6.07) is 5.48. The molecule has 6 heteroatoms. The molecule has 2 bridgehead atoms. The summed E-state index contributed by atoms with van der Waals surface area (Å²) >= 11 is 0. The molecule has 24 heavy (non-hydrogen) atoms. The predicted octanol–water partition coefficient (Wildman–Crippen LogP) is 2.19. The first-order valence-corrected chi connectivity index (χ1v) is 8.45. The fraction of sp³-hybridized carbons (Fsp3) is 0.500. The summed E-state index contributed by atoms with van der Waals surface area (Å²) in [7, 11) is 0. The first kappa shape index (κ1) is 15.3. The fourth-order valence-corrected chi connectivity index (χ4v) is 4.66. The van der Waals surface area contributed by atoms with Gasteiger partial charge in [-0.1, -0.05) is 0 Å². The van der Waals surface area contributed by atoms with Gasteiger partial charge in [0.2, 0.25) is 17.7 Å². The van der Waals surface area contributed by atoms with E-state index in [1.165, 1.54) is 29.2 Å². The number of amides is 3. The molecule has 3 aliphatic rings. The predicted molar refractivity (Wildman–Crippen MR) is 84.2 cm³/mol. The lowest BCUT2D eigenvalue weighted by Crippen LogP contribution is -2.35. The van der Waals surface area contributed by atoms with E-state index in [4.69, 9.17) is 0 Å². The maximum absolute atomic E-state index is 12.8. The first-order valence-electron chi connectivity index (χ1n) is 8.45. The number of nitrogens with one attached hydrogen (secondary N) is 1. The molecule has 3 fully saturated rings. The van der Waals surface area contributed by atoms with Crippen molar-refractivity contribution in [3.8, 4) is 0 Å². The van der Waals surface area contributed by atoms with Gasteiger partial charge in [0.1, 0.15) is 5.82 Å². The first-order chi connectivity index (χ1) is 11.5. The number of likely N-dealkylation sites (tertiary alicyclic amines) is 1. The van der Waals surface area contributed by atoms with Crippen molar-refractivity contribution in [2.24, 2.45) is 23.7 Å². The Morgan fingerprint density at radius 3 is 2.25 bits per heavy atom. The maximum atomic E-state index is 12.8. The van der Waals surface area contributed by atoms with Gasteiger partial charge >= 0.3 is 0 Å². The maximum Gasteiger partial charge on any atom is 0.233 e. The quantitative estimate of drug-likeness (QED) is 0.861. The van der Waals surface area contributed by atoms with Gasteiger partial charge in [-0.2, -0.15) is 0 Å². The van der Waals surface area contributed by atoms with Gasteiger partial charge in [0.25, 0.3) is 0 Å². The van der Waals surface area contributed by atoms with E-state index in [1.54, 1.807) is 0 Å². The van der Waals surface area contributed by atoms with E-state index in [2.05, 4.69) is 5.32 Å². The normalized spacial score (nSPS) is 30.8. The van der Waals surface area contributed by atoms with Gasteiger partial charge in [0.05, 0.1) is 11.8 Å². The summed E-state index contributed by atoms with van der Waals surface area (Å²) in [6.07, 6.45) is 3.16. The molecule has 0 radical (unpaired) electrons. The molecule has 4 atom stereocenters. The van der Waals surface area contributed by atoms with Crippen LogP contribution in [-0.4, -0.2) is 29.2 Å². The summed E-state index contributed by atoms with van der Waals surface area (Å²) in [4.78, 5) is 38.3. The van der Waals surface area contributed by atoms with Crippen molar-refractivity contribution < 1.29 is 18.8 Å². The minimum absolute atomic E-state index is 0.0592. The standard InChI is InChI=1S/C18H19FN2O3/c19-12-3-5-13(6-4-12)20-14(22)7-8-21-17(23)15-10-1-2-11(9-10)16(15)18(21)24/h3-6,10-11,15-16H,1-2,7-9H2,(H,20,22)/t10-,11-,15-,16-/m0/s1. The van der Waals surface area contributed by atoms with E-state index in [0.29, 0.717) is 17.5 Å². The molecule has 1 heterocycles. The van der Waals surface area contributed by atoms with Gasteiger partial charge < -0.3 is 5.32 Å². The number of halogens is 1. The lowest BCUT2D eigenvalue weighted by molar-refractivity contribution is -0.140. The Labute approximate surface area is 139 Å². The SMILES string of the molecule is O=C(CCN1C(=O)[C@H]2[C@H]3CC[C@@H](C3)[C@@H]2C1=O)Nc1ccc(F)cc1. The second-order valence-corrected chi connectivity index (χ2v) is 7.02. The number of fused-ring (bicyclic) bond motifs is 5. The largest absolute Gasteiger partial charge is 0.326 e. The van der Waals surface area contributed by atoms with Gasteiger partial charge in [-0.15, -0.1) is 0 Å². The third kappa shape index (κ3) is 2.41. The topological polar surface area (TPSA) is 66.5 Å². The van der Waals surface area contributed by atoms with E-state index in [9.17, 15) is 18.8 Å². The van der Waals surface area contributed by atoms with Crippen molar-refractivity contribution in [1.29, 1.82) is 0 Å². The van der Waals surface area contributed by atoms with Crippen LogP contribution in [0.25, 0.3) is 0 Å². The van der Waals surface area contributed by atoms with Crippen molar-refractivity contribution in [3.63, 3.8) is 0 Å². The molecular weight excluding hydrogens is 311 g/mol. The smallest absolute Gasteiger partial charge is 0.233 e. The number of imide groups is 1. The number of benzene rings is 1. The van der Waals surface area contributed by atoms with Crippen molar-refractivity contribution in [2.45, 2.75) is 25.7 Å². The van der Waals surface area contributed by atoms with Crippen LogP contribution in [-0.2, 0) is 14.4 Å². The number of hydrogen-bond acceptors (Lipinski definition) is 3. The van der Waals surface area contributed by atoms with Crippen LogP contribution in [0.4, 0.5) is 10.1 Å². The zero-order valence-corrected chi connectivity index (χ0v) is 13.2. The minimum Gasteiger partial charge on any atom is -0.326 e. The van der Waals surface area contributed by atoms with Crippen molar-refractivity contribution in [1.82, 2.24) is 4.90 Å². The molecular formula is C18H19FN2O3. The molecule has 1 aromatic carbocycles. The number of hydrogen-bond donors (Lipinski definition) is 1. The molecule has 5 nitrogen and oxygen atoms in total. The van der Waals surface area contributed by atoms with Crippen LogP contribution < -0.4 is 5.32 Å². The van der Waals surface area contributed by atoms with Crippen molar-refractivity contribution >= 4 is 23.4 Å². The molecule has 1 aliphatic heterocycles. The highest BCUT2D eigenvalue weighted by molar-refractivity contribution is 6.06. The van der Waals surface area contributed by atoms with Crippen LogP contribution in [0.1, 0.15) is 25.7 Å². The second kappa shape index (κ2) is 5.69. The number of anilines is 1. The Morgan fingerprint density at radius 1 is 1.08 bits per heavy atom. The zero-order valence-electron chi connectivity index (χ0n) is 13.2. The second-order valence-electron chi connectivity index (χ2n) is 7.02. The average Bonchev–Trinajstić information content (AvgIpc) is 3.23. The Hall–Kier alpha value is -2.24. The van der Waals surface area contributed by atoms with Crippen LogP contribution in [0.5, 0.6) is 0 Å². The van der Waals surface area contributed by atoms with Gasteiger partial charge in [-0.3, -0.25) is 19.3 Å². The van der Waals surface area contributed by atoms with E-state index in [0.717, 1.165) is 19.3 Å². The molecule has 0 spiro atoms. The molecule has 0 unspecified atom stereocenters. The van der Waals surface area contributed by atoms with Gasteiger partial charge in [-0.05, 0) is 55.4 Å². The molecule has 1 saturated heterocycles.